The highest BCUT2D eigenvalue weighted by atomic mass is 16.5. The zero-order chi connectivity index (χ0) is 15.4. The lowest BCUT2D eigenvalue weighted by atomic mass is 10.1. The molecular formula is C18H30N2O. The van der Waals surface area contributed by atoms with Gasteiger partial charge in [-0.15, -0.1) is 0 Å². The Balaban J connectivity index is 1.99. The smallest absolute Gasteiger partial charge is 0.123 e. The molecule has 1 fully saturated rings. The Morgan fingerprint density at radius 2 is 2.10 bits per heavy atom. The first-order chi connectivity index (χ1) is 9.99. The molecule has 1 aliphatic rings. The maximum Gasteiger partial charge on any atom is 0.123 e. The van der Waals surface area contributed by atoms with Gasteiger partial charge in [-0.2, -0.15) is 0 Å². The Hall–Kier alpha value is -1.06. The molecule has 3 nitrogen and oxygen atoms in total. The van der Waals surface area contributed by atoms with Crippen molar-refractivity contribution < 1.29 is 4.74 Å². The summed E-state index contributed by atoms with van der Waals surface area (Å²) in [6, 6.07) is 7.04. The van der Waals surface area contributed by atoms with Crippen LogP contribution < -0.4 is 10.1 Å². The van der Waals surface area contributed by atoms with E-state index in [1.54, 1.807) is 7.11 Å². The van der Waals surface area contributed by atoms with E-state index in [0.29, 0.717) is 6.04 Å². The highest BCUT2D eigenvalue weighted by molar-refractivity contribution is 5.37. The summed E-state index contributed by atoms with van der Waals surface area (Å²) < 4.78 is 5.52. The Labute approximate surface area is 129 Å². The molecule has 2 rings (SSSR count). The van der Waals surface area contributed by atoms with Crippen molar-refractivity contribution in [2.24, 2.45) is 11.8 Å². The van der Waals surface area contributed by atoms with Crippen LogP contribution in [0, 0.1) is 11.8 Å². The lowest BCUT2D eigenvalue weighted by Gasteiger charge is -2.19. The Bertz CT molecular complexity index is 459. The maximum absolute atomic E-state index is 5.52. The summed E-state index contributed by atoms with van der Waals surface area (Å²) in [6.07, 6.45) is 1.39. The summed E-state index contributed by atoms with van der Waals surface area (Å²) in [4.78, 5) is 2.42. The van der Waals surface area contributed by atoms with Crippen LogP contribution in [0.2, 0.25) is 0 Å². The van der Waals surface area contributed by atoms with Gasteiger partial charge in [-0.3, -0.25) is 0 Å². The van der Waals surface area contributed by atoms with E-state index in [1.165, 1.54) is 24.1 Å². The third-order valence-electron chi connectivity index (χ3n) is 4.32. The van der Waals surface area contributed by atoms with Crippen molar-refractivity contribution in [3.8, 4) is 5.75 Å². The van der Waals surface area contributed by atoms with Crippen LogP contribution in [0.1, 0.15) is 38.3 Å². The van der Waals surface area contributed by atoms with Gasteiger partial charge in [0, 0.05) is 31.2 Å². The molecule has 1 aromatic rings. The van der Waals surface area contributed by atoms with Gasteiger partial charge < -0.3 is 15.0 Å². The minimum atomic E-state index is 0.509. The molecule has 0 saturated heterocycles. The monoisotopic (exact) mass is 290 g/mol. The van der Waals surface area contributed by atoms with Gasteiger partial charge in [-0.05, 0) is 43.0 Å². The number of nitrogens with zero attached hydrogens (tertiary/aromatic N) is 1. The van der Waals surface area contributed by atoms with E-state index < -0.39 is 0 Å². The van der Waals surface area contributed by atoms with Gasteiger partial charge in [-0.1, -0.05) is 26.8 Å². The molecule has 0 amide bonds. The molecule has 0 radical (unpaired) electrons. The molecule has 0 spiro atoms. The second-order valence-corrected chi connectivity index (χ2v) is 6.85. The molecule has 0 heterocycles. The van der Waals surface area contributed by atoms with Gasteiger partial charge in [0.2, 0.25) is 0 Å². The predicted molar refractivity (Wildman–Crippen MR) is 88.6 cm³/mol. The third-order valence-corrected chi connectivity index (χ3v) is 4.32. The molecule has 21 heavy (non-hydrogen) atoms. The van der Waals surface area contributed by atoms with E-state index in [1.807, 2.05) is 0 Å². The first-order valence-corrected chi connectivity index (χ1v) is 8.07. The molecule has 2 unspecified atom stereocenters. The molecule has 118 valence electrons. The molecule has 0 bridgehead atoms. The fourth-order valence-electron chi connectivity index (χ4n) is 2.80. The summed E-state index contributed by atoms with van der Waals surface area (Å²) >= 11 is 0. The van der Waals surface area contributed by atoms with Gasteiger partial charge in [0.1, 0.15) is 5.75 Å². The number of benzene rings is 1. The van der Waals surface area contributed by atoms with Gasteiger partial charge >= 0.3 is 0 Å². The molecule has 0 aromatic heterocycles. The van der Waals surface area contributed by atoms with Crippen molar-refractivity contribution in [2.75, 3.05) is 20.7 Å². The fraction of sp³-hybridized carbons (Fsp3) is 0.667. The van der Waals surface area contributed by atoms with Crippen molar-refractivity contribution in [1.82, 2.24) is 10.2 Å². The first-order valence-electron chi connectivity index (χ1n) is 8.07. The minimum absolute atomic E-state index is 0.509. The van der Waals surface area contributed by atoms with Gasteiger partial charge in [0.25, 0.3) is 0 Å². The lowest BCUT2D eigenvalue weighted by Crippen LogP contribution is -2.23. The Morgan fingerprint density at radius 1 is 1.38 bits per heavy atom. The lowest BCUT2D eigenvalue weighted by molar-refractivity contribution is 0.300. The molecule has 1 N–H and O–H groups in total. The molecular weight excluding hydrogens is 260 g/mol. The molecule has 3 heteroatoms. The molecule has 1 aromatic carbocycles. The minimum Gasteiger partial charge on any atom is -0.496 e. The van der Waals surface area contributed by atoms with E-state index in [2.05, 4.69) is 56.2 Å². The molecule has 1 aliphatic carbocycles. The van der Waals surface area contributed by atoms with E-state index >= 15 is 0 Å². The number of nitrogens with one attached hydrogen (secondary N) is 1. The first kappa shape index (κ1) is 16.3. The quantitative estimate of drug-likeness (QED) is 0.795. The zero-order valence-corrected chi connectivity index (χ0v) is 14.1. The van der Waals surface area contributed by atoms with Crippen molar-refractivity contribution in [3.05, 3.63) is 29.3 Å². The van der Waals surface area contributed by atoms with E-state index in [9.17, 15) is 0 Å². The SMILES string of the molecule is COc1ccc(CNC(C)C)cc1CN(C)CC1CC1C. The van der Waals surface area contributed by atoms with Crippen molar-refractivity contribution in [3.63, 3.8) is 0 Å². The van der Waals surface area contributed by atoms with Crippen LogP contribution >= 0.6 is 0 Å². The van der Waals surface area contributed by atoms with Crippen LogP contribution in [0.25, 0.3) is 0 Å². The Morgan fingerprint density at radius 3 is 2.67 bits per heavy atom. The topological polar surface area (TPSA) is 24.5 Å². The predicted octanol–water partition coefficient (Wildman–Crippen LogP) is 3.28. The number of hydrogen-bond acceptors (Lipinski definition) is 3. The number of methoxy groups -OCH3 is 1. The van der Waals surface area contributed by atoms with Crippen molar-refractivity contribution in [1.29, 1.82) is 0 Å². The number of hydrogen-bond donors (Lipinski definition) is 1. The second kappa shape index (κ2) is 7.28. The standard InChI is InChI=1S/C18H30N2O/c1-13(2)19-10-15-6-7-18(21-5)17(9-15)12-20(4)11-16-8-14(16)3/h6-7,9,13-14,16,19H,8,10-12H2,1-5H3. The molecule has 2 atom stereocenters. The van der Waals surface area contributed by atoms with Crippen LogP contribution in [-0.4, -0.2) is 31.6 Å². The average molecular weight is 290 g/mol. The average Bonchev–Trinajstić information content (AvgIpc) is 3.11. The second-order valence-electron chi connectivity index (χ2n) is 6.85. The summed E-state index contributed by atoms with van der Waals surface area (Å²) in [5.74, 6) is 2.81. The van der Waals surface area contributed by atoms with Crippen molar-refractivity contribution in [2.45, 2.75) is 46.3 Å². The molecule has 1 saturated carbocycles. The van der Waals surface area contributed by atoms with Crippen LogP contribution in [-0.2, 0) is 13.1 Å². The fourth-order valence-corrected chi connectivity index (χ4v) is 2.80. The van der Waals surface area contributed by atoms with Gasteiger partial charge in [0.05, 0.1) is 7.11 Å². The van der Waals surface area contributed by atoms with Gasteiger partial charge in [-0.25, -0.2) is 0 Å². The normalized spacial score (nSPS) is 21.1. The summed E-state index contributed by atoms with van der Waals surface area (Å²) in [7, 11) is 3.97. The third kappa shape index (κ3) is 5.01. The van der Waals surface area contributed by atoms with Crippen molar-refractivity contribution >= 4 is 0 Å². The maximum atomic E-state index is 5.52. The zero-order valence-electron chi connectivity index (χ0n) is 14.1. The van der Waals surface area contributed by atoms with E-state index in [4.69, 9.17) is 4.74 Å². The van der Waals surface area contributed by atoms with Crippen LogP contribution in [0.5, 0.6) is 5.75 Å². The van der Waals surface area contributed by atoms with Gasteiger partial charge in [0.15, 0.2) is 0 Å². The number of rotatable bonds is 8. The van der Waals surface area contributed by atoms with Crippen LogP contribution in [0.3, 0.4) is 0 Å². The highest BCUT2D eigenvalue weighted by Crippen LogP contribution is 2.38. The Kier molecular flexibility index (Phi) is 5.65. The van der Waals surface area contributed by atoms with Crippen LogP contribution in [0.4, 0.5) is 0 Å². The summed E-state index contributed by atoms with van der Waals surface area (Å²) in [5.41, 5.74) is 2.61. The molecule has 0 aliphatic heterocycles. The number of ether oxygens (including phenoxy) is 1. The van der Waals surface area contributed by atoms with E-state index in [-0.39, 0.29) is 0 Å². The van der Waals surface area contributed by atoms with Crippen LogP contribution in [0.15, 0.2) is 18.2 Å². The van der Waals surface area contributed by atoms with E-state index in [0.717, 1.165) is 30.7 Å². The summed E-state index contributed by atoms with van der Waals surface area (Å²) in [5, 5.41) is 3.47. The largest absolute Gasteiger partial charge is 0.496 e. The summed E-state index contributed by atoms with van der Waals surface area (Å²) in [6.45, 7) is 9.76. The highest BCUT2D eigenvalue weighted by Gasteiger charge is 2.33.